The van der Waals surface area contributed by atoms with E-state index >= 15 is 0 Å². The molecule has 0 aliphatic carbocycles. The molecule has 0 saturated carbocycles. The Kier molecular flexibility index (Phi) is 4.29. The van der Waals surface area contributed by atoms with E-state index in [0.717, 1.165) is 5.69 Å². The number of aryl methyl sites for hydroxylation is 2. The number of pyridine rings is 1. The van der Waals surface area contributed by atoms with Crippen LogP contribution in [0.5, 0.6) is 0 Å². The molecule has 0 saturated heterocycles. The Balaban J connectivity index is 3.04. The van der Waals surface area contributed by atoms with Gasteiger partial charge >= 0.3 is 5.97 Å². The van der Waals surface area contributed by atoms with E-state index in [0.29, 0.717) is 17.9 Å². The number of anilines is 1. The quantitative estimate of drug-likeness (QED) is 0.744. The van der Waals surface area contributed by atoms with Gasteiger partial charge in [-0.2, -0.15) is 0 Å². The maximum absolute atomic E-state index is 11.2. The summed E-state index contributed by atoms with van der Waals surface area (Å²) < 4.78 is 0. The lowest BCUT2D eigenvalue weighted by atomic mass is 9.95. The second-order valence-electron chi connectivity index (χ2n) is 5.29. The topological polar surface area (TPSA) is 82.5 Å². The number of carboxylic acids is 1. The highest BCUT2D eigenvalue weighted by molar-refractivity contribution is 5.94. The number of aliphatic hydroxyl groups is 1. The number of rotatable bonds is 5. The summed E-state index contributed by atoms with van der Waals surface area (Å²) in [4.78, 5) is 15.4. The lowest BCUT2D eigenvalue weighted by Crippen LogP contribution is -2.28. The zero-order valence-corrected chi connectivity index (χ0v) is 11.2. The highest BCUT2D eigenvalue weighted by Crippen LogP contribution is 2.21. The number of hydrogen-bond donors (Lipinski definition) is 3. The van der Waals surface area contributed by atoms with Crippen molar-refractivity contribution in [3.8, 4) is 0 Å². The number of nitrogens with one attached hydrogen (secondary N) is 1. The summed E-state index contributed by atoms with van der Waals surface area (Å²) in [6.45, 7) is 7.83. The largest absolute Gasteiger partial charge is 0.478 e. The number of aromatic carboxylic acids is 1. The van der Waals surface area contributed by atoms with Gasteiger partial charge in [-0.3, -0.25) is 0 Å². The standard InChI is InChI=1S/C13H20N2O3/c1-8-5-9(2)15-11(10(8)12(17)18)14-6-13(3,4)7-16/h5,16H,6-7H2,1-4H3,(H,14,15)(H,17,18). The fraction of sp³-hybridized carbons (Fsp3) is 0.538. The maximum Gasteiger partial charge on any atom is 0.339 e. The molecule has 1 heterocycles. The molecule has 0 bridgehead atoms. The SMILES string of the molecule is Cc1cc(C)c(C(=O)O)c(NCC(C)(C)CO)n1. The molecule has 0 aliphatic rings. The van der Waals surface area contributed by atoms with Crippen molar-refractivity contribution in [3.63, 3.8) is 0 Å². The third kappa shape index (κ3) is 3.43. The number of nitrogens with zero attached hydrogens (tertiary/aromatic N) is 1. The van der Waals surface area contributed by atoms with Crippen LogP contribution in [0.1, 0.15) is 35.5 Å². The van der Waals surface area contributed by atoms with E-state index in [1.807, 2.05) is 20.8 Å². The molecule has 0 unspecified atom stereocenters. The van der Waals surface area contributed by atoms with Gasteiger partial charge in [-0.25, -0.2) is 9.78 Å². The number of hydrogen-bond acceptors (Lipinski definition) is 4. The maximum atomic E-state index is 11.2. The highest BCUT2D eigenvalue weighted by atomic mass is 16.4. The molecule has 0 atom stereocenters. The lowest BCUT2D eigenvalue weighted by Gasteiger charge is -2.23. The number of carboxylic acid groups (broad SMARTS) is 1. The van der Waals surface area contributed by atoms with Crippen LogP contribution in [0.2, 0.25) is 0 Å². The predicted octanol–water partition coefficient (Wildman–Crippen LogP) is 1.83. The predicted molar refractivity (Wildman–Crippen MR) is 70.0 cm³/mol. The van der Waals surface area contributed by atoms with Crippen molar-refractivity contribution in [1.82, 2.24) is 4.98 Å². The van der Waals surface area contributed by atoms with Gasteiger partial charge in [-0.05, 0) is 25.5 Å². The van der Waals surface area contributed by atoms with Crippen LogP contribution >= 0.6 is 0 Å². The molecule has 1 aromatic heterocycles. The number of carbonyl (C=O) groups is 1. The van der Waals surface area contributed by atoms with Crippen molar-refractivity contribution in [2.24, 2.45) is 5.41 Å². The van der Waals surface area contributed by atoms with Crippen LogP contribution in [-0.2, 0) is 0 Å². The second-order valence-corrected chi connectivity index (χ2v) is 5.29. The first-order valence-corrected chi connectivity index (χ1v) is 5.83. The van der Waals surface area contributed by atoms with E-state index < -0.39 is 5.97 Å². The van der Waals surface area contributed by atoms with Crippen LogP contribution in [-0.4, -0.2) is 34.3 Å². The molecule has 1 aromatic rings. The normalized spacial score (nSPS) is 11.4. The lowest BCUT2D eigenvalue weighted by molar-refractivity contribution is 0.0696. The smallest absolute Gasteiger partial charge is 0.339 e. The first-order chi connectivity index (χ1) is 8.26. The Labute approximate surface area is 107 Å². The summed E-state index contributed by atoms with van der Waals surface area (Å²) in [6.07, 6.45) is 0. The molecule has 0 radical (unpaired) electrons. The van der Waals surface area contributed by atoms with Gasteiger partial charge in [0.15, 0.2) is 0 Å². The van der Waals surface area contributed by atoms with E-state index in [4.69, 9.17) is 0 Å². The third-order valence-corrected chi connectivity index (χ3v) is 2.72. The van der Waals surface area contributed by atoms with Crippen molar-refractivity contribution in [2.45, 2.75) is 27.7 Å². The summed E-state index contributed by atoms with van der Waals surface area (Å²) in [5, 5.41) is 21.4. The van der Waals surface area contributed by atoms with Crippen molar-refractivity contribution < 1.29 is 15.0 Å². The van der Waals surface area contributed by atoms with Crippen molar-refractivity contribution in [3.05, 3.63) is 22.9 Å². The first kappa shape index (κ1) is 14.4. The van der Waals surface area contributed by atoms with Crippen LogP contribution in [0.4, 0.5) is 5.82 Å². The fourth-order valence-corrected chi connectivity index (χ4v) is 1.61. The van der Waals surface area contributed by atoms with E-state index in [2.05, 4.69) is 10.3 Å². The van der Waals surface area contributed by atoms with Gasteiger partial charge in [-0.15, -0.1) is 0 Å². The number of aliphatic hydroxyl groups excluding tert-OH is 1. The molecule has 3 N–H and O–H groups in total. The van der Waals surface area contributed by atoms with Gasteiger partial charge in [0.05, 0.1) is 0 Å². The minimum Gasteiger partial charge on any atom is -0.478 e. The Morgan fingerprint density at radius 3 is 2.56 bits per heavy atom. The molecule has 1 rings (SSSR count). The van der Waals surface area contributed by atoms with Crippen LogP contribution < -0.4 is 5.32 Å². The molecule has 5 heteroatoms. The van der Waals surface area contributed by atoms with Gasteiger partial charge in [0.1, 0.15) is 11.4 Å². The first-order valence-electron chi connectivity index (χ1n) is 5.83. The molecule has 0 amide bonds. The molecular weight excluding hydrogens is 232 g/mol. The molecule has 0 aromatic carbocycles. The monoisotopic (exact) mass is 252 g/mol. The summed E-state index contributed by atoms with van der Waals surface area (Å²) >= 11 is 0. The van der Waals surface area contributed by atoms with Gasteiger partial charge in [0, 0.05) is 24.3 Å². The minimum absolute atomic E-state index is 0.0210. The van der Waals surface area contributed by atoms with Gasteiger partial charge in [0.2, 0.25) is 0 Å². The highest BCUT2D eigenvalue weighted by Gasteiger charge is 2.20. The summed E-state index contributed by atoms with van der Waals surface area (Å²) in [7, 11) is 0. The molecule has 0 aliphatic heterocycles. The Bertz CT molecular complexity index is 456. The Morgan fingerprint density at radius 1 is 1.44 bits per heavy atom. The minimum atomic E-state index is -0.996. The van der Waals surface area contributed by atoms with E-state index in [-0.39, 0.29) is 17.6 Å². The molecule has 0 spiro atoms. The zero-order chi connectivity index (χ0) is 13.9. The third-order valence-electron chi connectivity index (χ3n) is 2.72. The summed E-state index contributed by atoms with van der Waals surface area (Å²) in [5.74, 6) is -0.633. The van der Waals surface area contributed by atoms with Crippen molar-refractivity contribution in [2.75, 3.05) is 18.5 Å². The van der Waals surface area contributed by atoms with Crippen molar-refractivity contribution >= 4 is 11.8 Å². The molecular formula is C13H20N2O3. The summed E-state index contributed by atoms with van der Waals surface area (Å²) in [5.41, 5.74) is 1.31. The molecule has 0 fully saturated rings. The van der Waals surface area contributed by atoms with Gasteiger partial charge in [0.25, 0.3) is 0 Å². The van der Waals surface area contributed by atoms with Crippen LogP contribution in [0, 0.1) is 19.3 Å². The number of aromatic nitrogens is 1. The molecule has 100 valence electrons. The molecule has 5 nitrogen and oxygen atoms in total. The Morgan fingerprint density at radius 2 is 2.06 bits per heavy atom. The zero-order valence-electron chi connectivity index (χ0n) is 11.2. The van der Waals surface area contributed by atoms with Gasteiger partial charge < -0.3 is 15.5 Å². The average molecular weight is 252 g/mol. The van der Waals surface area contributed by atoms with Crippen LogP contribution in [0.15, 0.2) is 6.07 Å². The van der Waals surface area contributed by atoms with Crippen molar-refractivity contribution in [1.29, 1.82) is 0 Å². The van der Waals surface area contributed by atoms with E-state index in [1.54, 1.807) is 13.0 Å². The van der Waals surface area contributed by atoms with E-state index in [1.165, 1.54) is 0 Å². The molecule has 18 heavy (non-hydrogen) atoms. The fourth-order valence-electron chi connectivity index (χ4n) is 1.61. The second kappa shape index (κ2) is 5.35. The van der Waals surface area contributed by atoms with Crippen LogP contribution in [0.3, 0.4) is 0 Å². The Hall–Kier alpha value is -1.62. The van der Waals surface area contributed by atoms with E-state index in [9.17, 15) is 15.0 Å². The summed E-state index contributed by atoms with van der Waals surface area (Å²) in [6, 6.07) is 1.74. The van der Waals surface area contributed by atoms with Gasteiger partial charge in [-0.1, -0.05) is 13.8 Å². The van der Waals surface area contributed by atoms with Crippen LogP contribution in [0.25, 0.3) is 0 Å². The average Bonchev–Trinajstić information content (AvgIpc) is 2.25.